The topological polar surface area (TPSA) is 92.1 Å². The number of pyridine rings is 1. The Balaban J connectivity index is 1.64. The van der Waals surface area contributed by atoms with E-state index in [1.165, 1.54) is 28.0 Å². The Bertz CT molecular complexity index is 886. The van der Waals surface area contributed by atoms with E-state index in [1.807, 2.05) is 6.26 Å². The van der Waals surface area contributed by atoms with Crippen LogP contribution in [0.5, 0.6) is 0 Å². The summed E-state index contributed by atoms with van der Waals surface area (Å²) in [6, 6.07) is 5.45. The van der Waals surface area contributed by atoms with E-state index in [9.17, 15) is 14.9 Å². The van der Waals surface area contributed by atoms with Crippen molar-refractivity contribution in [1.29, 1.82) is 5.26 Å². The van der Waals surface area contributed by atoms with Gasteiger partial charge in [-0.3, -0.25) is 4.79 Å². The molecule has 0 atom stereocenters. The summed E-state index contributed by atoms with van der Waals surface area (Å²) >= 11 is 2.78. The Morgan fingerprint density at radius 1 is 1.42 bits per heavy atom. The summed E-state index contributed by atoms with van der Waals surface area (Å²) in [5.74, 6) is -1.05. The second-order valence-electron chi connectivity index (χ2n) is 5.71. The zero-order chi connectivity index (χ0) is 18.5. The van der Waals surface area contributed by atoms with E-state index in [4.69, 9.17) is 4.74 Å². The molecule has 1 amide bonds. The van der Waals surface area contributed by atoms with Crippen molar-refractivity contribution in [2.24, 2.45) is 0 Å². The zero-order valence-corrected chi connectivity index (χ0v) is 15.8. The molecule has 0 radical (unpaired) electrons. The maximum absolute atomic E-state index is 12.2. The van der Waals surface area contributed by atoms with Gasteiger partial charge in [0.25, 0.3) is 5.91 Å². The van der Waals surface area contributed by atoms with E-state index < -0.39 is 18.5 Å². The molecular weight excluding hydrogens is 370 g/mol. The average molecular weight is 387 g/mol. The second-order valence-corrected chi connectivity index (χ2v) is 7.61. The predicted molar refractivity (Wildman–Crippen MR) is 101 cm³/mol. The zero-order valence-electron chi connectivity index (χ0n) is 14.2. The lowest BCUT2D eigenvalue weighted by Gasteiger charge is -2.09. The van der Waals surface area contributed by atoms with Crippen LogP contribution in [0.1, 0.15) is 39.2 Å². The summed E-state index contributed by atoms with van der Waals surface area (Å²) in [7, 11) is 0. The Hall–Kier alpha value is -2.37. The summed E-state index contributed by atoms with van der Waals surface area (Å²) < 4.78 is 5.10. The highest BCUT2D eigenvalue weighted by Gasteiger charge is 2.22. The fraction of sp³-hybridized carbons (Fsp3) is 0.333. The number of aryl methyl sites for hydroxylation is 1. The summed E-state index contributed by atoms with van der Waals surface area (Å²) in [6.07, 6.45) is 7.39. The minimum absolute atomic E-state index is 0.331. The summed E-state index contributed by atoms with van der Waals surface area (Å²) in [4.78, 5) is 29.6. The quantitative estimate of drug-likeness (QED) is 0.624. The van der Waals surface area contributed by atoms with Gasteiger partial charge >= 0.3 is 5.97 Å². The molecule has 2 heterocycles. The fourth-order valence-corrected chi connectivity index (χ4v) is 4.65. The molecule has 2 aromatic heterocycles. The molecular formula is C18H17N3O3S2. The SMILES string of the molecule is CSc1ncccc1C(=O)OCC(=O)Nc1sc2c(c1C#N)CCCC2. The van der Waals surface area contributed by atoms with Crippen LogP contribution >= 0.6 is 23.1 Å². The number of hydrogen-bond acceptors (Lipinski definition) is 7. The number of aromatic nitrogens is 1. The summed E-state index contributed by atoms with van der Waals surface area (Å²) in [5, 5.41) is 13.2. The van der Waals surface area contributed by atoms with E-state index in [0.29, 0.717) is 21.2 Å². The number of hydrogen-bond donors (Lipinski definition) is 1. The number of nitrogens with zero attached hydrogens (tertiary/aromatic N) is 2. The lowest BCUT2D eigenvalue weighted by Crippen LogP contribution is -2.21. The molecule has 26 heavy (non-hydrogen) atoms. The molecule has 0 saturated carbocycles. The minimum Gasteiger partial charge on any atom is -0.452 e. The number of nitriles is 1. The Morgan fingerprint density at radius 2 is 2.23 bits per heavy atom. The molecule has 3 rings (SSSR count). The first-order chi connectivity index (χ1) is 12.6. The number of thiophene rings is 1. The number of anilines is 1. The first kappa shape index (κ1) is 18.4. The van der Waals surface area contributed by atoms with Crippen molar-refractivity contribution >= 4 is 40.0 Å². The van der Waals surface area contributed by atoms with Gasteiger partial charge in [0.1, 0.15) is 16.1 Å². The molecule has 8 heteroatoms. The molecule has 134 valence electrons. The molecule has 1 aliphatic carbocycles. The van der Waals surface area contributed by atoms with Crippen LogP contribution in [0.25, 0.3) is 0 Å². The van der Waals surface area contributed by atoms with Crippen LogP contribution < -0.4 is 5.32 Å². The molecule has 0 bridgehead atoms. The fourth-order valence-electron chi connectivity index (χ4n) is 2.85. The van der Waals surface area contributed by atoms with Crippen molar-refractivity contribution in [2.75, 3.05) is 18.2 Å². The highest BCUT2D eigenvalue weighted by Crippen LogP contribution is 2.37. The van der Waals surface area contributed by atoms with Gasteiger partial charge in [0.2, 0.25) is 0 Å². The third kappa shape index (κ3) is 3.89. The molecule has 0 spiro atoms. The van der Waals surface area contributed by atoms with Crippen molar-refractivity contribution in [3.05, 3.63) is 39.9 Å². The van der Waals surface area contributed by atoms with Crippen LogP contribution in [-0.4, -0.2) is 29.7 Å². The molecule has 6 nitrogen and oxygen atoms in total. The number of rotatable bonds is 5. The van der Waals surface area contributed by atoms with Gasteiger partial charge < -0.3 is 10.1 Å². The van der Waals surface area contributed by atoms with Crippen molar-refractivity contribution in [3.63, 3.8) is 0 Å². The molecule has 1 N–H and O–H groups in total. The number of fused-ring (bicyclic) bond motifs is 1. The minimum atomic E-state index is -0.594. The van der Waals surface area contributed by atoms with Gasteiger partial charge in [-0.15, -0.1) is 23.1 Å². The van der Waals surface area contributed by atoms with Crippen molar-refractivity contribution in [1.82, 2.24) is 4.98 Å². The van der Waals surface area contributed by atoms with E-state index in [0.717, 1.165) is 31.2 Å². The standard InChI is InChI=1S/C18H17N3O3S2/c1-25-16-12(6-4-8-20-16)18(23)24-10-15(22)21-17-13(9-19)11-5-2-3-7-14(11)26-17/h4,6,8H,2-3,5,7,10H2,1H3,(H,21,22). The van der Waals surface area contributed by atoms with Crippen LogP contribution in [0.2, 0.25) is 0 Å². The third-order valence-corrected chi connectivity index (χ3v) is 5.97. The van der Waals surface area contributed by atoms with Gasteiger partial charge in [-0.2, -0.15) is 5.26 Å². The number of nitrogens with one attached hydrogen (secondary N) is 1. The highest BCUT2D eigenvalue weighted by atomic mass is 32.2. The normalized spacial score (nSPS) is 12.8. The molecule has 1 aliphatic rings. The van der Waals surface area contributed by atoms with Crippen LogP contribution in [0.15, 0.2) is 23.4 Å². The van der Waals surface area contributed by atoms with Gasteiger partial charge in [-0.1, -0.05) is 0 Å². The summed E-state index contributed by atoms with van der Waals surface area (Å²) in [6.45, 7) is -0.408. The molecule has 0 aliphatic heterocycles. The Labute approximate surface area is 159 Å². The number of carbonyl (C=O) groups is 2. The van der Waals surface area contributed by atoms with Crippen LogP contribution in [0.4, 0.5) is 5.00 Å². The molecule has 0 aromatic carbocycles. The average Bonchev–Trinajstić information content (AvgIpc) is 3.02. The van der Waals surface area contributed by atoms with E-state index >= 15 is 0 Å². The van der Waals surface area contributed by atoms with Crippen LogP contribution in [0.3, 0.4) is 0 Å². The third-order valence-electron chi connectivity index (χ3n) is 4.05. The Morgan fingerprint density at radius 3 is 3.00 bits per heavy atom. The second kappa shape index (κ2) is 8.34. The van der Waals surface area contributed by atoms with Gasteiger partial charge in [-0.25, -0.2) is 9.78 Å². The van der Waals surface area contributed by atoms with Crippen LogP contribution in [-0.2, 0) is 22.4 Å². The van der Waals surface area contributed by atoms with E-state index in [2.05, 4.69) is 16.4 Å². The monoisotopic (exact) mass is 387 g/mol. The maximum Gasteiger partial charge on any atom is 0.341 e. The van der Waals surface area contributed by atoms with Gasteiger partial charge in [0.05, 0.1) is 11.1 Å². The van der Waals surface area contributed by atoms with Crippen LogP contribution in [0, 0.1) is 11.3 Å². The lowest BCUT2D eigenvalue weighted by molar-refractivity contribution is -0.119. The van der Waals surface area contributed by atoms with E-state index in [1.54, 1.807) is 18.3 Å². The van der Waals surface area contributed by atoms with Crippen molar-refractivity contribution in [2.45, 2.75) is 30.7 Å². The number of amides is 1. The first-order valence-electron chi connectivity index (χ1n) is 8.14. The number of thioether (sulfide) groups is 1. The number of carbonyl (C=O) groups excluding carboxylic acids is 2. The highest BCUT2D eigenvalue weighted by molar-refractivity contribution is 7.98. The largest absolute Gasteiger partial charge is 0.452 e. The number of ether oxygens (including phenoxy) is 1. The Kier molecular flexibility index (Phi) is 5.91. The van der Waals surface area contributed by atoms with Gasteiger partial charge in [0, 0.05) is 11.1 Å². The first-order valence-corrected chi connectivity index (χ1v) is 10.2. The molecule has 0 unspecified atom stereocenters. The van der Waals surface area contributed by atoms with Crippen molar-refractivity contribution in [3.8, 4) is 6.07 Å². The van der Waals surface area contributed by atoms with Gasteiger partial charge in [-0.05, 0) is 49.6 Å². The molecule has 2 aromatic rings. The maximum atomic E-state index is 12.2. The summed E-state index contributed by atoms with van der Waals surface area (Å²) in [5.41, 5.74) is 1.93. The predicted octanol–water partition coefficient (Wildman–Crippen LogP) is 3.41. The van der Waals surface area contributed by atoms with Crippen molar-refractivity contribution < 1.29 is 14.3 Å². The lowest BCUT2D eigenvalue weighted by atomic mass is 9.96. The molecule has 0 saturated heterocycles. The number of esters is 1. The van der Waals surface area contributed by atoms with Gasteiger partial charge in [0.15, 0.2) is 6.61 Å². The van der Waals surface area contributed by atoms with E-state index in [-0.39, 0.29) is 0 Å². The smallest absolute Gasteiger partial charge is 0.341 e. The molecule has 0 fully saturated rings.